The lowest BCUT2D eigenvalue weighted by Crippen LogP contribution is -2.04. The fourth-order valence-electron chi connectivity index (χ4n) is 0.306. The molecule has 0 fully saturated rings. The summed E-state index contributed by atoms with van der Waals surface area (Å²) in [6, 6.07) is 0. The molecule has 0 aliphatic heterocycles. The van der Waals surface area contributed by atoms with Crippen molar-refractivity contribution in [2.24, 2.45) is 0 Å². The highest BCUT2D eigenvalue weighted by Gasteiger charge is 1.98. The van der Waals surface area contributed by atoms with Gasteiger partial charge in [0.15, 0.2) is 0 Å². The van der Waals surface area contributed by atoms with E-state index in [-0.39, 0.29) is 13.0 Å². The van der Waals surface area contributed by atoms with E-state index < -0.39 is 17.0 Å². The maximum absolute atomic E-state index is 10.3. The van der Waals surface area contributed by atoms with Crippen molar-refractivity contribution in [3.05, 3.63) is 0 Å². The largest absolute Gasteiger partial charge is 0.469 e. The van der Waals surface area contributed by atoms with Crippen LogP contribution in [0, 0.1) is 0 Å². The molecule has 0 bridgehead atoms. The van der Waals surface area contributed by atoms with Gasteiger partial charge < -0.3 is 4.74 Å². The first kappa shape index (κ1) is 9.38. The third-order valence-electron chi connectivity index (χ3n) is 0.731. The number of esters is 1. The minimum atomic E-state index is -2.84. The fourth-order valence-corrected chi connectivity index (χ4v) is 0.546. The van der Waals surface area contributed by atoms with Crippen LogP contribution in [0.4, 0.5) is 0 Å². The Morgan fingerprint density at radius 3 is 2.50 bits per heavy atom. The molecule has 0 rings (SSSR count). The van der Waals surface area contributed by atoms with Gasteiger partial charge in [-0.3, -0.25) is 8.98 Å². The van der Waals surface area contributed by atoms with Crippen LogP contribution >= 0.6 is 0 Å². The summed E-state index contributed by atoms with van der Waals surface area (Å²) in [5.74, 6) is -0.489. The molecule has 0 heterocycles. The molecule has 0 amide bonds. The van der Waals surface area contributed by atoms with E-state index >= 15 is 0 Å². The van der Waals surface area contributed by atoms with E-state index in [0.29, 0.717) is 0 Å². The molecular formula is C4H8O5S. The van der Waals surface area contributed by atoms with Crippen molar-refractivity contribution in [2.45, 2.75) is 6.42 Å². The Hall–Kier alpha value is -0.620. The van der Waals surface area contributed by atoms with Crippen molar-refractivity contribution in [1.82, 2.24) is 0 Å². The van der Waals surface area contributed by atoms with E-state index in [1.165, 1.54) is 7.11 Å². The molecule has 0 aromatic heterocycles. The lowest BCUT2D eigenvalue weighted by atomic mass is 10.5. The van der Waals surface area contributed by atoms with Crippen LogP contribution in [0.25, 0.3) is 0 Å². The van der Waals surface area contributed by atoms with Crippen molar-refractivity contribution in [2.75, 3.05) is 13.7 Å². The van der Waals surface area contributed by atoms with Crippen molar-refractivity contribution >= 4 is 17.0 Å². The van der Waals surface area contributed by atoms with Gasteiger partial charge in [0.25, 0.3) is 11.0 Å². The smallest absolute Gasteiger partial charge is 0.307 e. The van der Waals surface area contributed by atoms with Crippen LogP contribution in [-0.4, -0.2) is 28.1 Å². The average Bonchev–Trinajstić information content (AvgIpc) is 1.87. The predicted molar refractivity (Wildman–Crippen MR) is 32.9 cm³/mol. The molecule has 5 nitrogen and oxygen atoms in total. The van der Waals surface area contributed by atoms with E-state index in [0.717, 1.165) is 0 Å². The van der Waals surface area contributed by atoms with Gasteiger partial charge in [-0.1, -0.05) is 0 Å². The highest BCUT2D eigenvalue weighted by atomic mass is 32.2. The minimum absolute atomic E-state index is 0.0419. The third kappa shape index (κ3) is 5.52. The maximum Gasteiger partial charge on any atom is 0.307 e. The zero-order valence-electron chi connectivity index (χ0n) is 5.40. The Labute approximate surface area is 60.1 Å². The van der Waals surface area contributed by atoms with Crippen molar-refractivity contribution < 1.29 is 22.1 Å². The molecule has 0 unspecified atom stereocenters. The van der Waals surface area contributed by atoms with Gasteiger partial charge in [-0.25, -0.2) is 8.42 Å². The molecule has 0 saturated heterocycles. The summed E-state index contributed by atoms with van der Waals surface area (Å²) >= 11 is 0. The van der Waals surface area contributed by atoms with Crippen molar-refractivity contribution in [3.8, 4) is 0 Å². The first-order chi connectivity index (χ1) is 4.66. The van der Waals surface area contributed by atoms with Crippen LogP contribution in [0.15, 0.2) is 0 Å². The van der Waals surface area contributed by atoms with Crippen LogP contribution in [-0.2, 0) is 24.7 Å². The molecule has 0 aromatic carbocycles. The molecule has 0 radical (unpaired) electrons. The lowest BCUT2D eigenvalue weighted by Gasteiger charge is -1.94. The first-order valence-corrected chi connectivity index (χ1v) is 3.60. The van der Waals surface area contributed by atoms with Gasteiger partial charge >= 0.3 is 5.97 Å². The van der Waals surface area contributed by atoms with Gasteiger partial charge in [0.2, 0.25) is 0 Å². The SMILES string of the molecule is COC(=O)CCO[SH](=O)=O. The van der Waals surface area contributed by atoms with Crippen LogP contribution in [0.2, 0.25) is 0 Å². The topological polar surface area (TPSA) is 69.7 Å². The van der Waals surface area contributed by atoms with Gasteiger partial charge in [-0.05, 0) is 0 Å². The molecule has 0 aliphatic rings. The number of methoxy groups -OCH3 is 1. The van der Waals surface area contributed by atoms with Crippen LogP contribution in [0.5, 0.6) is 0 Å². The van der Waals surface area contributed by atoms with Gasteiger partial charge in [0, 0.05) is 0 Å². The Kier molecular flexibility index (Phi) is 4.87. The Balaban J connectivity index is 3.28. The summed E-state index contributed by atoms with van der Waals surface area (Å²) in [7, 11) is -1.62. The van der Waals surface area contributed by atoms with E-state index in [1.807, 2.05) is 0 Å². The molecule has 0 aromatic rings. The quantitative estimate of drug-likeness (QED) is 0.435. The number of carbonyl (C=O) groups excluding carboxylic acids is 1. The number of rotatable bonds is 4. The Morgan fingerprint density at radius 1 is 1.50 bits per heavy atom. The lowest BCUT2D eigenvalue weighted by molar-refractivity contribution is -0.141. The van der Waals surface area contributed by atoms with Gasteiger partial charge in [0.05, 0.1) is 20.1 Å². The van der Waals surface area contributed by atoms with Crippen molar-refractivity contribution in [3.63, 3.8) is 0 Å². The Bertz CT molecular complexity index is 164. The molecule has 0 N–H and O–H groups in total. The molecule has 0 aliphatic carbocycles. The molecule has 10 heavy (non-hydrogen) atoms. The maximum atomic E-state index is 10.3. The van der Waals surface area contributed by atoms with Crippen LogP contribution < -0.4 is 0 Å². The normalized spacial score (nSPS) is 9.80. The van der Waals surface area contributed by atoms with E-state index in [4.69, 9.17) is 0 Å². The minimum Gasteiger partial charge on any atom is -0.469 e. The van der Waals surface area contributed by atoms with Crippen LogP contribution in [0.1, 0.15) is 6.42 Å². The molecule has 0 saturated carbocycles. The number of ether oxygens (including phenoxy) is 1. The molecule has 60 valence electrons. The monoisotopic (exact) mass is 168 g/mol. The average molecular weight is 168 g/mol. The highest BCUT2D eigenvalue weighted by Crippen LogP contribution is 1.84. The molecule has 0 atom stereocenters. The first-order valence-electron chi connectivity index (χ1n) is 2.51. The third-order valence-corrected chi connectivity index (χ3v) is 1.12. The summed E-state index contributed by atoms with van der Waals surface area (Å²) in [5, 5.41) is 0. The second-order valence-electron chi connectivity index (χ2n) is 1.38. The summed E-state index contributed by atoms with van der Waals surface area (Å²) in [6.07, 6.45) is -0.0419. The van der Waals surface area contributed by atoms with Crippen LogP contribution in [0.3, 0.4) is 0 Å². The van der Waals surface area contributed by atoms with E-state index in [1.54, 1.807) is 0 Å². The van der Waals surface area contributed by atoms with E-state index in [2.05, 4.69) is 8.92 Å². The van der Waals surface area contributed by atoms with E-state index in [9.17, 15) is 13.2 Å². The molecule has 6 heteroatoms. The predicted octanol–water partition coefficient (Wildman–Crippen LogP) is -0.907. The highest BCUT2D eigenvalue weighted by molar-refractivity contribution is 7.67. The molecular weight excluding hydrogens is 160 g/mol. The number of hydrogen-bond acceptors (Lipinski definition) is 5. The zero-order valence-corrected chi connectivity index (χ0v) is 6.30. The van der Waals surface area contributed by atoms with Gasteiger partial charge in [-0.2, -0.15) is 0 Å². The summed E-state index contributed by atoms with van der Waals surface area (Å²) in [4.78, 5) is 10.3. The second-order valence-corrected chi connectivity index (χ2v) is 2.09. The summed E-state index contributed by atoms with van der Waals surface area (Å²) < 4.78 is 27.7. The Morgan fingerprint density at radius 2 is 2.10 bits per heavy atom. The molecule has 0 spiro atoms. The fraction of sp³-hybridized carbons (Fsp3) is 0.750. The van der Waals surface area contributed by atoms with Gasteiger partial charge in [0.1, 0.15) is 0 Å². The summed E-state index contributed by atoms with van der Waals surface area (Å²) in [5.41, 5.74) is 0. The zero-order chi connectivity index (χ0) is 7.98. The standard InChI is InChI=1S/C4H8O5S/c1-8-4(5)2-3-9-10(6)7/h10H,2-3H2,1H3. The van der Waals surface area contributed by atoms with Crippen molar-refractivity contribution in [1.29, 1.82) is 0 Å². The number of hydrogen-bond donors (Lipinski definition) is 1. The number of thiol groups is 1. The summed E-state index contributed by atoms with van der Waals surface area (Å²) in [6.45, 7) is -0.147. The second kappa shape index (κ2) is 5.19. The van der Waals surface area contributed by atoms with Gasteiger partial charge in [-0.15, -0.1) is 0 Å². The number of carbonyl (C=O) groups is 1.